The molecule has 2 aromatic rings. The number of nitrogens with zero attached hydrogens (tertiary/aromatic N) is 2. The summed E-state index contributed by atoms with van der Waals surface area (Å²) in [6, 6.07) is 1.48. The fourth-order valence-electron chi connectivity index (χ4n) is 3.00. The fraction of sp³-hybridized carbons (Fsp3) is 0.500. The first kappa shape index (κ1) is 13.1. The van der Waals surface area contributed by atoms with Gasteiger partial charge in [-0.3, -0.25) is 0 Å². The van der Waals surface area contributed by atoms with Gasteiger partial charge in [-0.1, -0.05) is 6.92 Å². The highest BCUT2D eigenvalue weighted by Crippen LogP contribution is 2.39. The van der Waals surface area contributed by atoms with Gasteiger partial charge >= 0.3 is 5.97 Å². The van der Waals surface area contributed by atoms with Gasteiger partial charge in [-0.15, -0.1) is 0 Å². The highest BCUT2D eigenvalue weighted by molar-refractivity contribution is 5.99. The van der Waals surface area contributed by atoms with Crippen LogP contribution in [0.4, 0.5) is 0 Å². The number of rotatable bonds is 2. The molecule has 0 aromatic carbocycles. The Balaban J connectivity index is 2.10. The van der Waals surface area contributed by atoms with Crippen LogP contribution in [0.3, 0.4) is 0 Å². The lowest BCUT2D eigenvalue weighted by Gasteiger charge is -2.15. The maximum absolute atomic E-state index is 11.2. The first-order valence-electron chi connectivity index (χ1n) is 6.72. The molecule has 1 fully saturated rings. The van der Waals surface area contributed by atoms with E-state index in [4.69, 9.17) is 4.74 Å². The molecule has 1 aliphatic heterocycles. The van der Waals surface area contributed by atoms with Crippen molar-refractivity contribution in [2.75, 3.05) is 0 Å². The van der Waals surface area contributed by atoms with E-state index in [1.165, 1.54) is 12.3 Å². The van der Waals surface area contributed by atoms with E-state index in [2.05, 4.69) is 21.9 Å². The number of nitrogens with one attached hydrogen (secondary N) is 1. The first-order valence-corrected chi connectivity index (χ1v) is 6.72. The molecule has 0 spiro atoms. The Bertz CT molecular complexity index is 667. The fourth-order valence-corrected chi connectivity index (χ4v) is 3.00. The molecule has 4 unspecified atom stereocenters. The lowest BCUT2D eigenvalue weighted by Crippen LogP contribution is -2.16. The van der Waals surface area contributed by atoms with Gasteiger partial charge in [-0.05, 0) is 25.8 Å². The maximum Gasteiger partial charge on any atom is 0.338 e. The third kappa shape index (κ3) is 1.87. The second kappa shape index (κ2) is 4.56. The van der Waals surface area contributed by atoms with Crippen molar-refractivity contribution >= 4 is 17.1 Å². The number of aromatic carboxylic acids is 1. The summed E-state index contributed by atoms with van der Waals surface area (Å²) < 4.78 is 5.82. The molecule has 0 saturated carbocycles. The van der Waals surface area contributed by atoms with Crippen molar-refractivity contribution in [3.63, 3.8) is 0 Å². The topological polar surface area (TPSA) is 88.1 Å². The summed E-state index contributed by atoms with van der Waals surface area (Å²) in [5.74, 6) is 0.218. The maximum atomic E-state index is 11.2. The minimum absolute atomic E-state index is 0.0499. The Morgan fingerprint density at radius 1 is 1.35 bits per heavy atom. The molecule has 2 aromatic heterocycles. The summed E-state index contributed by atoms with van der Waals surface area (Å²) in [6.45, 7) is 6.19. The standard InChI is InChI=1S/C14H17N3O3/c1-6-7(2)20-8(3)10(6)12-16-11-9(14(18)19)4-5-15-13(11)17-12/h4-8,10H,1-3H3,(H,18,19)(H,15,16,17). The number of imidazole rings is 1. The summed E-state index contributed by atoms with van der Waals surface area (Å²) in [5, 5.41) is 9.20. The molecule has 20 heavy (non-hydrogen) atoms. The summed E-state index contributed by atoms with van der Waals surface area (Å²) in [5.41, 5.74) is 1.12. The molecule has 2 N–H and O–H groups in total. The van der Waals surface area contributed by atoms with Gasteiger partial charge < -0.3 is 14.8 Å². The number of hydrogen-bond acceptors (Lipinski definition) is 4. The van der Waals surface area contributed by atoms with Crippen LogP contribution in [0.1, 0.15) is 42.9 Å². The number of hydrogen-bond donors (Lipinski definition) is 2. The van der Waals surface area contributed by atoms with Crippen molar-refractivity contribution in [2.45, 2.75) is 38.9 Å². The van der Waals surface area contributed by atoms with Crippen molar-refractivity contribution in [3.8, 4) is 0 Å². The zero-order valence-corrected chi connectivity index (χ0v) is 11.6. The molecule has 106 valence electrons. The minimum Gasteiger partial charge on any atom is -0.478 e. The van der Waals surface area contributed by atoms with E-state index in [0.717, 1.165) is 5.82 Å². The van der Waals surface area contributed by atoms with Crippen LogP contribution in [0.25, 0.3) is 11.2 Å². The Hall–Kier alpha value is -1.95. The van der Waals surface area contributed by atoms with E-state index in [9.17, 15) is 9.90 Å². The molecule has 0 aliphatic carbocycles. The third-order valence-electron chi connectivity index (χ3n) is 4.20. The monoisotopic (exact) mass is 275 g/mol. The van der Waals surface area contributed by atoms with Gasteiger partial charge in [0.15, 0.2) is 5.65 Å². The van der Waals surface area contributed by atoms with Crippen LogP contribution < -0.4 is 0 Å². The lowest BCUT2D eigenvalue weighted by atomic mass is 9.89. The average molecular weight is 275 g/mol. The quantitative estimate of drug-likeness (QED) is 0.877. The molecular formula is C14H17N3O3. The van der Waals surface area contributed by atoms with Gasteiger partial charge in [0.25, 0.3) is 0 Å². The zero-order chi connectivity index (χ0) is 14.4. The van der Waals surface area contributed by atoms with E-state index in [-0.39, 0.29) is 23.7 Å². The van der Waals surface area contributed by atoms with Gasteiger partial charge in [0, 0.05) is 12.1 Å². The van der Waals surface area contributed by atoms with Gasteiger partial charge in [-0.25, -0.2) is 14.8 Å². The predicted molar refractivity (Wildman–Crippen MR) is 72.8 cm³/mol. The van der Waals surface area contributed by atoms with Crippen LogP contribution in [0.5, 0.6) is 0 Å². The first-order chi connectivity index (χ1) is 9.49. The molecule has 0 bridgehead atoms. The van der Waals surface area contributed by atoms with Crippen LogP contribution in [0.2, 0.25) is 0 Å². The average Bonchev–Trinajstić information content (AvgIpc) is 2.90. The number of pyridine rings is 1. The largest absolute Gasteiger partial charge is 0.478 e. The van der Waals surface area contributed by atoms with E-state index in [0.29, 0.717) is 17.1 Å². The van der Waals surface area contributed by atoms with Crippen LogP contribution in [0.15, 0.2) is 12.3 Å². The van der Waals surface area contributed by atoms with Crippen molar-refractivity contribution < 1.29 is 14.6 Å². The molecule has 0 amide bonds. The van der Waals surface area contributed by atoms with Gasteiger partial charge in [0.1, 0.15) is 5.82 Å². The zero-order valence-electron chi connectivity index (χ0n) is 11.6. The van der Waals surface area contributed by atoms with Gasteiger partial charge in [-0.2, -0.15) is 0 Å². The van der Waals surface area contributed by atoms with Crippen molar-refractivity contribution in [3.05, 3.63) is 23.7 Å². The van der Waals surface area contributed by atoms with Crippen molar-refractivity contribution in [1.82, 2.24) is 15.0 Å². The van der Waals surface area contributed by atoms with E-state index >= 15 is 0 Å². The smallest absolute Gasteiger partial charge is 0.338 e. The van der Waals surface area contributed by atoms with Crippen molar-refractivity contribution in [1.29, 1.82) is 0 Å². The number of carboxylic acids is 1. The summed E-state index contributed by atoms with van der Waals surface area (Å²) in [6.07, 6.45) is 1.68. The number of H-pyrrole nitrogens is 1. The van der Waals surface area contributed by atoms with E-state index < -0.39 is 5.97 Å². The molecule has 1 aliphatic rings. The summed E-state index contributed by atoms with van der Waals surface area (Å²) in [7, 11) is 0. The second-order valence-corrected chi connectivity index (χ2v) is 5.42. The Kier molecular flexibility index (Phi) is 2.97. The summed E-state index contributed by atoms with van der Waals surface area (Å²) >= 11 is 0. The molecule has 1 saturated heterocycles. The highest BCUT2D eigenvalue weighted by Gasteiger charge is 2.39. The molecule has 3 heterocycles. The number of carbonyl (C=O) groups is 1. The van der Waals surface area contributed by atoms with Gasteiger partial charge in [0.2, 0.25) is 0 Å². The second-order valence-electron chi connectivity index (χ2n) is 5.42. The van der Waals surface area contributed by atoms with Crippen LogP contribution >= 0.6 is 0 Å². The SMILES string of the molecule is CC1OC(C)C(c2nc3nccc(C(=O)O)c3[nH]2)C1C. The van der Waals surface area contributed by atoms with Crippen molar-refractivity contribution in [2.24, 2.45) is 5.92 Å². The number of aromatic amines is 1. The Labute approximate surface area is 116 Å². The number of ether oxygens (including phenoxy) is 1. The van der Waals surface area contributed by atoms with Crippen LogP contribution in [0, 0.1) is 5.92 Å². The molecule has 0 radical (unpaired) electrons. The van der Waals surface area contributed by atoms with Gasteiger partial charge in [0.05, 0.1) is 23.3 Å². The number of aromatic nitrogens is 3. The molecule has 6 heteroatoms. The van der Waals surface area contributed by atoms with E-state index in [1.807, 2.05) is 13.8 Å². The van der Waals surface area contributed by atoms with Crippen LogP contribution in [-0.4, -0.2) is 38.2 Å². The predicted octanol–water partition coefficient (Wildman–Crippen LogP) is 2.18. The molecule has 3 rings (SSSR count). The number of fused-ring (bicyclic) bond motifs is 1. The minimum atomic E-state index is -0.982. The van der Waals surface area contributed by atoms with E-state index in [1.54, 1.807) is 0 Å². The highest BCUT2D eigenvalue weighted by atomic mass is 16.5. The molecule has 6 nitrogen and oxygen atoms in total. The Morgan fingerprint density at radius 3 is 2.70 bits per heavy atom. The van der Waals surface area contributed by atoms with Crippen LogP contribution in [-0.2, 0) is 4.74 Å². The lowest BCUT2D eigenvalue weighted by molar-refractivity contribution is 0.0554. The Morgan fingerprint density at radius 2 is 2.10 bits per heavy atom. The molecule has 4 atom stereocenters. The summed E-state index contributed by atoms with van der Waals surface area (Å²) in [4.78, 5) is 23.0. The normalized spacial score (nSPS) is 29.9. The number of carboxylic acid groups (broad SMARTS) is 1. The molecular weight excluding hydrogens is 258 g/mol. The third-order valence-corrected chi connectivity index (χ3v) is 4.20.